The maximum atomic E-state index is 5.81. The Morgan fingerprint density at radius 2 is 2.11 bits per heavy atom. The fourth-order valence-corrected chi connectivity index (χ4v) is 1.94. The zero-order chi connectivity index (χ0) is 13.0. The van der Waals surface area contributed by atoms with Gasteiger partial charge in [-0.1, -0.05) is 36.9 Å². The number of hydrogen-bond donors (Lipinski definition) is 0. The maximum Gasteiger partial charge on any atom is 0.196 e. The van der Waals surface area contributed by atoms with Gasteiger partial charge in [-0.15, -0.1) is 0 Å². The average Bonchev–Trinajstić information content (AvgIpc) is 2.39. The van der Waals surface area contributed by atoms with Crippen molar-refractivity contribution >= 4 is 16.8 Å². The lowest BCUT2D eigenvalue weighted by Gasteiger charge is -2.16. The van der Waals surface area contributed by atoms with Crippen LogP contribution in [0.2, 0.25) is 0 Å². The number of fused-ring (bicyclic) bond motifs is 1. The molecule has 0 heterocycles. The molecule has 0 aliphatic carbocycles. The minimum Gasteiger partial charge on any atom is -0.465 e. The van der Waals surface area contributed by atoms with Crippen molar-refractivity contribution in [3.8, 4) is 5.75 Å². The van der Waals surface area contributed by atoms with Gasteiger partial charge >= 0.3 is 0 Å². The molecule has 2 rings (SSSR count). The monoisotopic (exact) mass is 242 g/mol. The lowest BCUT2D eigenvalue weighted by Crippen LogP contribution is -2.16. The molecule has 1 unspecified atom stereocenters. The average molecular weight is 242 g/mol. The molecule has 0 aromatic heterocycles. The van der Waals surface area contributed by atoms with E-state index in [1.165, 1.54) is 0 Å². The summed E-state index contributed by atoms with van der Waals surface area (Å²) in [6, 6.07) is 12.2. The predicted molar refractivity (Wildman–Crippen MR) is 75.8 cm³/mol. The molecule has 0 bridgehead atoms. The van der Waals surface area contributed by atoms with Crippen LogP contribution in [0.15, 0.2) is 43.0 Å². The lowest BCUT2D eigenvalue weighted by molar-refractivity contribution is -0.0605. The van der Waals surface area contributed by atoms with Crippen molar-refractivity contribution < 1.29 is 9.47 Å². The van der Waals surface area contributed by atoms with Gasteiger partial charge in [-0.3, -0.25) is 0 Å². The van der Waals surface area contributed by atoms with E-state index in [9.17, 15) is 0 Å². The Bertz CT molecular complexity index is 546. The van der Waals surface area contributed by atoms with Gasteiger partial charge in [-0.05, 0) is 36.9 Å². The second-order valence-corrected chi connectivity index (χ2v) is 4.08. The first-order valence-corrected chi connectivity index (χ1v) is 6.18. The molecule has 0 amide bonds. The first kappa shape index (κ1) is 12.7. The standard InChI is InChI=1S/C16H18O2/c1-4-13-9-10-14-7-6-8-16(15(14)11-13)18-12(3)17-5-2/h4,6-12H,1,5H2,2-3H3. The molecule has 0 radical (unpaired) electrons. The van der Waals surface area contributed by atoms with Crippen molar-refractivity contribution in [2.24, 2.45) is 0 Å². The third-order valence-corrected chi connectivity index (χ3v) is 2.80. The molecule has 0 saturated heterocycles. The van der Waals surface area contributed by atoms with Gasteiger partial charge in [-0.25, -0.2) is 0 Å². The van der Waals surface area contributed by atoms with E-state index in [1.807, 2.05) is 38.1 Å². The summed E-state index contributed by atoms with van der Waals surface area (Å²) in [6.45, 7) is 8.29. The Labute approximate surface area is 108 Å². The highest BCUT2D eigenvalue weighted by atomic mass is 16.7. The van der Waals surface area contributed by atoms with E-state index in [0.717, 1.165) is 22.1 Å². The molecule has 2 aromatic rings. The van der Waals surface area contributed by atoms with Crippen LogP contribution in [0.25, 0.3) is 16.8 Å². The Morgan fingerprint density at radius 3 is 2.83 bits per heavy atom. The molecule has 0 N–H and O–H groups in total. The van der Waals surface area contributed by atoms with E-state index in [0.29, 0.717) is 6.61 Å². The van der Waals surface area contributed by atoms with Crippen LogP contribution in [0.5, 0.6) is 5.75 Å². The van der Waals surface area contributed by atoms with Crippen molar-refractivity contribution in [3.63, 3.8) is 0 Å². The van der Waals surface area contributed by atoms with Crippen LogP contribution in [0.4, 0.5) is 0 Å². The van der Waals surface area contributed by atoms with Crippen molar-refractivity contribution in [1.82, 2.24) is 0 Å². The Morgan fingerprint density at radius 1 is 1.28 bits per heavy atom. The van der Waals surface area contributed by atoms with Crippen molar-refractivity contribution in [2.45, 2.75) is 20.1 Å². The summed E-state index contributed by atoms with van der Waals surface area (Å²) in [5, 5.41) is 2.24. The van der Waals surface area contributed by atoms with Crippen molar-refractivity contribution in [1.29, 1.82) is 0 Å². The van der Waals surface area contributed by atoms with Gasteiger partial charge in [0.15, 0.2) is 6.29 Å². The molecule has 0 aliphatic heterocycles. The summed E-state index contributed by atoms with van der Waals surface area (Å²) in [4.78, 5) is 0. The normalized spacial score (nSPS) is 12.3. The molecular formula is C16H18O2. The molecule has 18 heavy (non-hydrogen) atoms. The van der Waals surface area contributed by atoms with Crippen molar-refractivity contribution in [3.05, 3.63) is 48.5 Å². The zero-order valence-electron chi connectivity index (χ0n) is 10.8. The molecule has 94 valence electrons. The fraction of sp³-hybridized carbons (Fsp3) is 0.250. The first-order chi connectivity index (χ1) is 8.74. The van der Waals surface area contributed by atoms with E-state index < -0.39 is 0 Å². The number of benzene rings is 2. The molecule has 1 atom stereocenters. The lowest BCUT2D eigenvalue weighted by atomic mass is 10.1. The van der Waals surface area contributed by atoms with Gasteiger partial charge in [0.1, 0.15) is 5.75 Å². The topological polar surface area (TPSA) is 18.5 Å². The highest BCUT2D eigenvalue weighted by molar-refractivity contribution is 5.90. The van der Waals surface area contributed by atoms with Crippen LogP contribution in [0.3, 0.4) is 0 Å². The van der Waals surface area contributed by atoms with Gasteiger partial charge in [0.2, 0.25) is 0 Å². The third kappa shape index (κ3) is 2.71. The van der Waals surface area contributed by atoms with E-state index in [1.54, 1.807) is 0 Å². The predicted octanol–water partition coefficient (Wildman–Crippen LogP) is 4.24. The van der Waals surface area contributed by atoms with Gasteiger partial charge in [0.05, 0.1) is 0 Å². The van der Waals surface area contributed by atoms with Crippen LogP contribution in [-0.4, -0.2) is 12.9 Å². The molecule has 2 aromatic carbocycles. The molecule has 2 nitrogen and oxygen atoms in total. The highest BCUT2D eigenvalue weighted by Gasteiger charge is 2.07. The van der Waals surface area contributed by atoms with Gasteiger partial charge in [0.25, 0.3) is 0 Å². The summed E-state index contributed by atoms with van der Waals surface area (Å²) in [5.41, 5.74) is 1.09. The van der Waals surface area contributed by atoms with Gasteiger partial charge in [0, 0.05) is 12.0 Å². The largest absolute Gasteiger partial charge is 0.465 e. The second-order valence-electron chi connectivity index (χ2n) is 4.08. The summed E-state index contributed by atoms with van der Waals surface area (Å²) < 4.78 is 11.2. The number of ether oxygens (including phenoxy) is 2. The molecular weight excluding hydrogens is 224 g/mol. The minimum atomic E-state index is -0.243. The van der Waals surface area contributed by atoms with Gasteiger partial charge < -0.3 is 9.47 Å². The van der Waals surface area contributed by atoms with Crippen LogP contribution < -0.4 is 4.74 Å². The van der Waals surface area contributed by atoms with Crippen LogP contribution >= 0.6 is 0 Å². The minimum absolute atomic E-state index is 0.243. The smallest absolute Gasteiger partial charge is 0.196 e. The van der Waals surface area contributed by atoms with E-state index >= 15 is 0 Å². The number of rotatable bonds is 5. The Hall–Kier alpha value is -1.80. The van der Waals surface area contributed by atoms with E-state index in [4.69, 9.17) is 9.47 Å². The SMILES string of the molecule is C=Cc1ccc2cccc(OC(C)OCC)c2c1. The molecule has 0 saturated carbocycles. The van der Waals surface area contributed by atoms with Crippen molar-refractivity contribution in [2.75, 3.05) is 6.61 Å². The van der Waals surface area contributed by atoms with E-state index in [-0.39, 0.29) is 6.29 Å². The summed E-state index contributed by atoms with van der Waals surface area (Å²) >= 11 is 0. The van der Waals surface area contributed by atoms with Gasteiger partial charge in [-0.2, -0.15) is 0 Å². The molecule has 2 heteroatoms. The maximum absolute atomic E-state index is 5.81. The molecule has 0 fully saturated rings. The fourth-order valence-electron chi connectivity index (χ4n) is 1.94. The Balaban J connectivity index is 2.39. The second kappa shape index (κ2) is 5.69. The molecule has 0 spiro atoms. The summed E-state index contributed by atoms with van der Waals surface area (Å²) in [6.07, 6.45) is 1.59. The zero-order valence-corrected chi connectivity index (χ0v) is 10.8. The molecule has 0 aliphatic rings. The first-order valence-electron chi connectivity index (χ1n) is 6.18. The van der Waals surface area contributed by atoms with E-state index in [2.05, 4.69) is 24.8 Å². The quantitative estimate of drug-likeness (QED) is 0.730. The number of hydrogen-bond acceptors (Lipinski definition) is 2. The van der Waals surface area contributed by atoms with Crippen LogP contribution in [0, 0.1) is 0 Å². The Kier molecular flexibility index (Phi) is 4.00. The third-order valence-electron chi connectivity index (χ3n) is 2.80. The van der Waals surface area contributed by atoms with Crippen LogP contribution in [0.1, 0.15) is 19.4 Å². The summed E-state index contributed by atoms with van der Waals surface area (Å²) in [7, 11) is 0. The van der Waals surface area contributed by atoms with Crippen LogP contribution in [-0.2, 0) is 4.74 Å². The summed E-state index contributed by atoms with van der Waals surface area (Å²) in [5.74, 6) is 0.845. The highest BCUT2D eigenvalue weighted by Crippen LogP contribution is 2.27.